The Morgan fingerprint density at radius 1 is 1.04 bits per heavy atom. The summed E-state index contributed by atoms with van der Waals surface area (Å²) in [6, 6.07) is 16.0. The smallest absolute Gasteiger partial charge is 0.143 e. The first kappa shape index (κ1) is 16.2. The van der Waals surface area contributed by atoms with Crippen LogP contribution in [0.25, 0.3) is 21.3 Å². The van der Waals surface area contributed by atoms with Crippen molar-refractivity contribution in [3.8, 4) is 17.2 Å². The Hall–Kier alpha value is -3.23. The third-order valence-electron chi connectivity index (χ3n) is 4.30. The SMILES string of the molecule is Cc1ccc(-c2csc3ncnc(Nc4cccc(C#N)c4)c23)c(C)c1. The van der Waals surface area contributed by atoms with Gasteiger partial charge in [-0.05, 0) is 43.2 Å². The number of fused-ring (bicyclic) bond motifs is 1. The second-order valence-corrected chi connectivity index (χ2v) is 7.05. The summed E-state index contributed by atoms with van der Waals surface area (Å²) >= 11 is 1.61. The van der Waals surface area contributed by atoms with Gasteiger partial charge in [-0.25, -0.2) is 9.97 Å². The Morgan fingerprint density at radius 2 is 1.92 bits per heavy atom. The second kappa shape index (κ2) is 6.58. The van der Waals surface area contributed by atoms with Crippen LogP contribution < -0.4 is 5.32 Å². The van der Waals surface area contributed by atoms with E-state index < -0.39 is 0 Å². The summed E-state index contributed by atoms with van der Waals surface area (Å²) in [6.07, 6.45) is 1.57. The molecule has 126 valence electrons. The van der Waals surface area contributed by atoms with Crippen molar-refractivity contribution in [2.75, 3.05) is 5.32 Å². The predicted octanol–water partition coefficient (Wildman–Crippen LogP) is 5.59. The van der Waals surface area contributed by atoms with Crippen LogP contribution in [-0.4, -0.2) is 9.97 Å². The number of aromatic nitrogens is 2. The van der Waals surface area contributed by atoms with Crippen molar-refractivity contribution in [1.29, 1.82) is 5.26 Å². The van der Waals surface area contributed by atoms with E-state index in [-0.39, 0.29) is 0 Å². The first-order valence-corrected chi connectivity index (χ1v) is 9.10. The van der Waals surface area contributed by atoms with Gasteiger partial charge in [0, 0.05) is 16.6 Å². The molecule has 4 nitrogen and oxygen atoms in total. The Balaban J connectivity index is 1.86. The molecule has 2 aromatic heterocycles. The van der Waals surface area contributed by atoms with E-state index in [4.69, 9.17) is 5.26 Å². The van der Waals surface area contributed by atoms with Crippen LogP contribution in [-0.2, 0) is 0 Å². The van der Waals surface area contributed by atoms with Crippen molar-refractivity contribution in [3.05, 3.63) is 70.9 Å². The third-order valence-corrected chi connectivity index (χ3v) is 5.18. The quantitative estimate of drug-likeness (QED) is 0.520. The maximum absolute atomic E-state index is 9.11. The highest BCUT2D eigenvalue weighted by molar-refractivity contribution is 7.17. The van der Waals surface area contributed by atoms with Crippen LogP contribution >= 0.6 is 11.3 Å². The number of rotatable bonds is 3. The Bertz CT molecular complexity index is 1150. The topological polar surface area (TPSA) is 61.6 Å². The van der Waals surface area contributed by atoms with Crippen molar-refractivity contribution < 1.29 is 0 Å². The summed E-state index contributed by atoms with van der Waals surface area (Å²) in [5.74, 6) is 0.751. The number of hydrogen-bond acceptors (Lipinski definition) is 5. The lowest BCUT2D eigenvalue weighted by Crippen LogP contribution is -1.96. The van der Waals surface area contributed by atoms with Gasteiger partial charge in [0.25, 0.3) is 0 Å². The molecule has 0 saturated heterocycles. The zero-order valence-corrected chi connectivity index (χ0v) is 15.3. The van der Waals surface area contributed by atoms with E-state index in [0.29, 0.717) is 5.56 Å². The van der Waals surface area contributed by atoms with Gasteiger partial charge in [-0.1, -0.05) is 29.8 Å². The van der Waals surface area contributed by atoms with E-state index in [1.54, 1.807) is 23.7 Å². The fourth-order valence-corrected chi connectivity index (χ4v) is 3.99. The first-order chi connectivity index (χ1) is 12.7. The van der Waals surface area contributed by atoms with E-state index >= 15 is 0 Å². The van der Waals surface area contributed by atoms with E-state index in [1.165, 1.54) is 16.7 Å². The number of thiophene rings is 1. The number of nitrogens with zero attached hydrogens (tertiary/aromatic N) is 3. The molecule has 0 amide bonds. The summed E-state index contributed by atoms with van der Waals surface area (Å²) in [7, 11) is 0. The number of anilines is 2. The fourth-order valence-electron chi connectivity index (χ4n) is 3.09. The van der Waals surface area contributed by atoms with E-state index in [1.807, 2.05) is 18.2 Å². The van der Waals surface area contributed by atoms with Gasteiger partial charge in [0.2, 0.25) is 0 Å². The van der Waals surface area contributed by atoms with Gasteiger partial charge in [0.15, 0.2) is 0 Å². The molecule has 0 aliphatic heterocycles. The van der Waals surface area contributed by atoms with E-state index in [2.05, 4.69) is 58.8 Å². The zero-order chi connectivity index (χ0) is 18.1. The summed E-state index contributed by atoms with van der Waals surface area (Å²) in [5, 5.41) is 15.6. The molecule has 0 unspecified atom stereocenters. The molecule has 0 radical (unpaired) electrons. The van der Waals surface area contributed by atoms with Gasteiger partial charge in [0.05, 0.1) is 17.0 Å². The van der Waals surface area contributed by atoms with Crippen LogP contribution in [0.2, 0.25) is 0 Å². The van der Waals surface area contributed by atoms with E-state index in [0.717, 1.165) is 27.3 Å². The molecule has 0 aliphatic carbocycles. The monoisotopic (exact) mass is 356 g/mol. The number of nitrogens with one attached hydrogen (secondary N) is 1. The lowest BCUT2D eigenvalue weighted by molar-refractivity contribution is 1.23. The summed E-state index contributed by atoms with van der Waals surface area (Å²) in [5.41, 5.74) is 6.23. The summed E-state index contributed by atoms with van der Waals surface area (Å²) in [4.78, 5) is 9.83. The number of benzene rings is 2. The highest BCUT2D eigenvalue weighted by Gasteiger charge is 2.15. The van der Waals surface area contributed by atoms with Crippen LogP contribution in [0.15, 0.2) is 54.2 Å². The average Bonchev–Trinajstić information content (AvgIpc) is 3.07. The van der Waals surface area contributed by atoms with Crippen LogP contribution in [0.4, 0.5) is 11.5 Å². The van der Waals surface area contributed by atoms with Gasteiger partial charge < -0.3 is 5.32 Å². The van der Waals surface area contributed by atoms with Gasteiger partial charge in [-0.2, -0.15) is 5.26 Å². The third kappa shape index (κ3) is 2.92. The lowest BCUT2D eigenvalue weighted by atomic mass is 9.99. The van der Waals surface area contributed by atoms with Crippen molar-refractivity contribution in [3.63, 3.8) is 0 Å². The largest absolute Gasteiger partial charge is 0.340 e. The van der Waals surface area contributed by atoms with Crippen LogP contribution in [0, 0.1) is 25.2 Å². The minimum atomic E-state index is 0.611. The molecule has 2 aromatic carbocycles. The molecule has 0 atom stereocenters. The van der Waals surface area contributed by atoms with Gasteiger partial charge >= 0.3 is 0 Å². The minimum absolute atomic E-state index is 0.611. The second-order valence-electron chi connectivity index (χ2n) is 6.19. The molecular formula is C21H16N4S. The average molecular weight is 356 g/mol. The molecule has 4 aromatic rings. The molecule has 5 heteroatoms. The Morgan fingerprint density at radius 3 is 2.73 bits per heavy atom. The predicted molar refractivity (Wildman–Crippen MR) is 107 cm³/mol. The molecule has 0 fully saturated rings. The lowest BCUT2D eigenvalue weighted by Gasteiger charge is -2.10. The number of aryl methyl sites for hydroxylation is 2. The standard InChI is InChI=1S/C21H16N4S/c1-13-6-7-17(14(2)8-13)18-11-26-21-19(18)20(23-12-24-21)25-16-5-3-4-15(9-16)10-22/h3-9,11-12H,1-2H3,(H,23,24,25). The number of hydrogen-bond donors (Lipinski definition) is 1. The van der Waals surface area contributed by atoms with Crippen molar-refractivity contribution in [2.24, 2.45) is 0 Å². The van der Waals surface area contributed by atoms with Crippen molar-refractivity contribution >= 4 is 33.1 Å². The molecular weight excluding hydrogens is 340 g/mol. The molecule has 0 saturated carbocycles. The molecule has 26 heavy (non-hydrogen) atoms. The van der Waals surface area contributed by atoms with Crippen molar-refractivity contribution in [2.45, 2.75) is 13.8 Å². The molecule has 0 spiro atoms. The van der Waals surface area contributed by atoms with Crippen molar-refractivity contribution in [1.82, 2.24) is 9.97 Å². The highest BCUT2D eigenvalue weighted by Crippen LogP contribution is 2.38. The normalized spacial score (nSPS) is 10.7. The Labute approximate surface area is 155 Å². The minimum Gasteiger partial charge on any atom is -0.340 e. The maximum Gasteiger partial charge on any atom is 0.143 e. The highest BCUT2D eigenvalue weighted by atomic mass is 32.1. The molecule has 1 N–H and O–H groups in total. The fraction of sp³-hybridized carbons (Fsp3) is 0.0952. The number of nitriles is 1. The zero-order valence-electron chi connectivity index (χ0n) is 14.4. The van der Waals surface area contributed by atoms with Gasteiger partial charge in [0.1, 0.15) is 17.0 Å². The first-order valence-electron chi connectivity index (χ1n) is 8.23. The van der Waals surface area contributed by atoms with Crippen LogP contribution in [0.1, 0.15) is 16.7 Å². The molecule has 4 rings (SSSR count). The molecule has 0 aliphatic rings. The maximum atomic E-state index is 9.11. The molecule has 2 heterocycles. The Kier molecular flexibility index (Phi) is 4.11. The van der Waals surface area contributed by atoms with Gasteiger partial charge in [-0.3, -0.25) is 0 Å². The summed E-state index contributed by atoms with van der Waals surface area (Å²) < 4.78 is 0. The summed E-state index contributed by atoms with van der Waals surface area (Å²) in [6.45, 7) is 4.22. The van der Waals surface area contributed by atoms with E-state index in [9.17, 15) is 0 Å². The van der Waals surface area contributed by atoms with Crippen LogP contribution in [0.5, 0.6) is 0 Å². The van der Waals surface area contributed by atoms with Gasteiger partial charge in [-0.15, -0.1) is 11.3 Å². The molecule has 0 bridgehead atoms. The van der Waals surface area contributed by atoms with Crippen LogP contribution in [0.3, 0.4) is 0 Å².